The largest absolute Gasteiger partial charge is 0.479 e. The van der Waals surface area contributed by atoms with E-state index in [1.165, 1.54) is 10.9 Å². The molecule has 4 rings (SSSR count). The fourth-order valence-corrected chi connectivity index (χ4v) is 3.71. The molecule has 1 N–H and O–H groups in total. The van der Waals surface area contributed by atoms with Crippen LogP contribution in [0.2, 0.25) is 15.1 Å². The number of halogens is 3. The van der Waals surface area contributed by atoms with E-state index in [4.69, 9.17) is 39.5 Å². The summed E-state index contributed by atoms with van der Waals surface area (Å²) >= 11 is 18.1. The molecule has 0 fully saturated rings. The normalized spacial score (nSPS) is 11.9. The topological polar surface area (TPSA) is 73.2 Å². The summed E-state index contributed by atoms with van der Waals surface area (Å²) < 4.78 is 7.12. The van der Waals surface area contributed by atoms with E-state index in [1.54, 1.807) is 67.6 Å². The Kier molecular flexibility index (Phi) is 6.88. The Hall–Kier alpha value is -3.06. The van der Waals surface area contributed by atoms with Crippen molar-refractivity contribution in [1.82, 2.24) is 9.55 Å². The predicted molar refractivity (Wildman–Crippen MR) is 132 cm³/mol. The number of hydrogen-bond donors (Lipinski definition) is 1. The monoisotopic (exact) mass is 501 g/mol. The van der Waals surface area contributed by atoms with Gasteiger partial charge in [0, 0.05) is 5.69 Å². The van der Waals surface area contributed by atoms with E-state index < -0.39 is 6.10 Å². The van der Waals surface area contributed by atoms with Gasteiger partial charge in [-0.25, -0.2) is 4.98 Å². The summed E-state index contributed by atoms with van der Waals surface area (Å²) in [4.78, 5) is 30.0. The van der Waals surface area contributed by atoms with Gasteiger partial charge in [0.25, 0.3) is 11.5 Å². The van der Waals surface area contributed by atoms with E-state index in [9.17, 15) is 9.59 Å². The number of para-hydroxylation sites is 1. The van der Waals surface area contributed by atoms with Crippen LogP contribution < -0.4 is 15.6 Å². The highest BCUT2D eigenvalue weighted by molar-refractivity contribution is 6.42. The van der Waals surface area contributed by atoms with Gasteiger partial charge in [-0.1, -0.05) is 53.0 Å². The molecule has 1 aromatic heterocycles. The molecule has 0 aliphatic heterocycles. The second kappa shape index (κ2) is 9.83. The third-order valence-corrected chi connectivity index (χ3v) is 5.99. The summed E-state index contributed by atoms with van der Waals surface area (Å²) in [5, 5.41) is 4.41. The average Bonchev–Trinajstić information content (AvgIpc) is 2.80. The van der Waals surface area contributed by atoms with Gasteiger partial charge in [-0.05, 0) is 55.0 Å². The van der Waals surface area contributed by atoms with E-state index in [0.29, 0.717) is 37.4 Å². The van der Waals surface area contributed by atoms with Crippen LogP contribution in [0, 0.1) is 0 Å². The molecule has 4 aromatic rings. The third-order valence-electron chi connectivity index (χ3n) is 4.94. The highest BCUT2D eigenvalue weighted by atomic mass is 35.5. The van der Waals surface area contributed by atoms with E-state index in [-0.39, 0.29) is 18.0 Å². The number of nitrogens with one attached hydrogen (secondary N) is 1. The molecule has 0 aliphatic rings. The minimum atomic E-state index is -0.805. The van der Waals surface area contributed by atoms with Gasteiger partial charge < -0.3 is 10.1 Å². The summed E-state index contributed by atoms with van der Waals surface area (Å²) in [6.07, 6.45) is 0.672. The smallest absolute Gasteiger partial charge is 0.265 e. The van der Waals surface area contributed by atoms with Gasteiger partial charge in [-0.3, -0.25) is 14.2 Å². The molecule has 1 atom stereocenters. The number of nitrogens with zero attached hydrogens (tertiary/aromatic N) is 2. The van der Waals surface area contributed by atoms with Crippen LogP contribution >= 0.6 is 34.8 Å². The number of fused-ring (bicyclic) bond motifs is 1. The van der Waals surface area contributed by atoms with Crippen molar-refractivity contribution in [3.05, 3.63) is 98.0 Å². The first-order valence-corrected chi connectivity index (χ1v) is 11.1. The standard InChI is InChI=1S/C24H18Cl3N3O3/c1-14(33-22-5-3-2-4-19(22)26)23(31)29-16-7-9-21-17(11-16)24(32)30(13-28-21)12-15-6-8-18(25)20(27)10-15/h2-11,13-14H,12H2,1H3,(H,29,31). The number of amides is 1. The molecular weight excluding hydrogens is 485 g/mol. The SMILES string of the molecule is CC(Oc1ccccc1Cl)C(=O)Nc1ccc2ncn(Cc3ccc(Cl)c(Cl)c3)c(=O)c2c1. The molecule has 1 unspecified atom stereocenters. The zero-order valence-electron chi connectivity index (χ0n) is 17.4. The number of rotatable bonds is 6. The summed E-state index contributed by atoms with van der Waals surface area (Å²) in [5.74, 6) is 0.0315. The lowest BCUT2D eigenvalue weighted by Gasteiger charge is -2.16. The van der Waals surface area contributed by atoms with Crippen LogP contribution in [-0.4, -0.2) is 21.6 Å². The Morgan fingerprint density at radius 3 is 2.58 bits per heavy atom. The lowest BCUT2D eigenvalue weighted by Crippen LogP contribution is -2.30. The van der Waals surface area contributed by atoms with E-state index in [0.717, 1.165) is 5.56 Å². The lowest BCUT2D eigenvalue weighted by atomic mass is 10.2. The van der Waals surface area contributed by atoms with Crippen molar-refractivity contribution in [2.75, 3.05) is 5.32 Å². The molecule has 6 nitrogen and oxygen atoms in total. The number of anilines is 1. The van der Waals surface area contributed by atoms with E-state index in [1.807, 2.05) is 0 Å². The highest BCUT2D eigenvalue weighted by Gasteiger charge is 2.17. The molecule has 1 amide bonds. The van der Waals surface area contributed by atoms with Crippen LogP contribution in [0.1, 0.15) is 12.5 Å². The van der Waals surface area contributed by atoms with Gasteiger partial charge in [0.15, 0.2) is 6.10 Å². The number of carbonyl (C=O) groups is 1. The van der Waals surface area contributed by atoms with Crippen molar-refractivity contribution >= 4 is 57.3 Å². The maximum absolute atomic E-state index is 13.0. The van der Waals surface area contributed by atoms with Gasteiger partial charge in [0.05, 0.1) is 38.8 Å². The molecule has 0 bridgehead atoms. The molecular formula is C24H18Cl3N3O3. The number of hydrogen-bond acceptors (Lipinski definition) is 4. The van der Waals surface area contributed by atoms with Crippen LogP contribution in [0.3, 0.4) is 0 Å². The minimum Gasteiger partial charge on any atom is -0.479 e. The second-order valence-electron chi connectivity index (χ2n) is 7.34. The van der Waals surface area contributed by atoms with Crippen LogP contribution in [0.25, 0.3) is 10.9 Å². The predicted octanol–water partition coefficient (Wildman–Crippen LogP) is 5.81. The molecule has 0 radical (unpaired) electrons. The number of carbonyl (C=O) groups excluding carboxylic acids is 1. The summed E-state index contributed by atoms with van der Waals surface area (Å²) in [7, 11) is 0. The average molecular weight is 503 g/mol. The highest BCUT2D eigenvalue weighted by Crippen LogP contribution is 2.25. The van der Waals surface area contributed by atoms with Gasteiger partial charge in [-0.2, -0.15) is 0 Å². The van der Waals surface area contributed by atoms with Crippen molar-refractivity contribution in [2.45, 2.75) is 19.6 Å². The minimum absolute atomic E-state index is 0.248. The summed E-state index contributed by atoms with van der Waals surface area (Å²) in [6, 6.07) is 17.0. The van der Waals surface area contributed by atoms with Gasteiger partial charge >= 0.3 is 0 Å². The number of aromatic nitrogens is 2. The molecule has 0 aliphatic carbocycles. The quantitative estimate of drug-likeness (QED) is 0.361. The third kappa shape index (κ3) is 5.30. The second-order valence-corrected chi connectivity index (χ2v) is 8.56. The molecule has 33 heavy (non-hydrogen) atoms. The Bertz CT molecular complexity index is 1400. The van der Waals surface area contributed by atoms with E-state index >= 15 is 0 Å². The van der Waals surface area contributed by atoms with Gasteiger partial charge in [0.1, 0.15) is 5.75 Å². The molecule has 0 saturated carbocycles. The molecule has 1 heterocycles. The van der Waals surface area contributed by atoms with Crippen LogP contribution in [0.5, 0.6) is 5.75 Å². The first kappa shape index (κ1) is 23.1. The van der Waals surface area contributed by atoms with E-state index in [2.05, 4.69) is 10.3 Å². The molecule has 9 heteroatoms. The fraction of sp³-hybridized carbons (Fsp3) is 0.125. The van der Waals surface area contributed by atoms with Crippen molar-refractivity contribution < 1.29 is 9.53 Å². The molecule has 0 saturated heterocycles. The zero-order chi connectivity index (χ0) is 23.5. The Labute approximate surface area is 204 Å². The summed E-state index contributed by atoms with van der Waals surface area (Å²) in [5.41, 5.74) is 1.53. The Morgan fingerprint density at radius 2 is 1.82 bits per heavy atom. The summed E-state index contributed by atoms with van der Waals surface area (Å²) in [6.45, 7) is 1.89. The van der Waals surface area contributed by atoms with Gasteiger partial charge in [0.2, 0.25) is 0 Å². The van der Waals surface area contributed by atoms with Crippen molar-refractivity contribution in [3.8, 4) is 5.75 Å². The Balaban J connectivity index is 1.54. The van der Waals surface area contributed by atoms with Gasteiger partial charge in [-0.15, -0.1) is 0 Å². The first-order chi connectivity index (χ1) is 15.8. The molecule has 3 aromatic carbocycles. The van der Waals surface area contributed by atoms with Crippen molar-refractivity contribution in [3.63, 3.8) is 0 Å². The number of ether oxygens (including phenoxy) is 1. The maximum atomic E-state index is 13.0. The Morgan fingerprint density at radius 1 is 1.03 bits per heavy atom. The van der Waals surface area contributed by atoms with Crippen LogP contribution in [-0.2, 0) is 11.3 Å². The van der Waals surface area contributed by atoms with Crippen molar-refractivity contribution in [2.24, 2.45) is 0 Å². The molecule has 168 valence electrons. The molecule has 0 spiro atoms. The van der Waals surface area contributed by atoms with Crippen LogP contribution in [0.15, 0.2) is 71.8 Å². The zero-order valence-corrected chi connectivity index (χ0v) is 19.7. The maximum Gasteiger partial charge on any atom is 0.265 e. The first-order valence-electron chi connectivity index (χ1n) is 9.97. The van der Waals surface area contributed by atoms with Crippen LogP contribution in [0.4, 0.5) is 5.69 Å². The van der Waals surface area contributed by atoms with Crippen molar-refractivity contribution in [1.29, 1.82) is 0 Å². The lowest BCUT2D eigenvalue weighted by molar-refractivity contribution is -0.122. The number of benzene rings is 3. The fourth-order valence-electron chi connectivity index (χ4n) is 3.21.